The number of halogens is 1. The monoisotopic (exact) mass is 340 g/mol. The van der Waals surface area contributed by atoms with E-state index in [-0.39, 0.29) is 5.91 Å². The first-order valence-electron chi connectivity index (χ1n) is 7.12. The topological polar surface area (TPSA) is 78.4 Å². The predicted molar refractivity (Wildman–Crippen MR) is 92.6 cm³/mol. The SMILES string of the molecule is O=C(NO)c1ccc2cc(C(=O)Nc3ccccc3Cl)ccc2c1. The number of fused-ring (bicyclic) bond motifs is 1. The van der Waals surface area contributed by atoms with Crippen LogP contribution in [-0.4, -0.2) is 17.0 Å². The number of hydrogen-bond acceptors (Lipinski definition) is 3. The number of hydrogen-bond donors (Lipinski definition) is 3. The largest absolute Gasteiger partial charge is 0.321 e. The van der Waals surface area contributed by atoms with Crippen molar-refractivity contribution in [3.05, 3.63) is 76.8 Å². The molecule has 120 valence electrons. The third-order valence-electron chi connectivity index (χ3n) is 3.59. The van der Waals surface area contributed by atoms with Gasteiger partial charge in [-0.15, -0.1) is 0 Å². The molecule has 0 unspecified atom stereocenters. The molecule has 0 saturated carbocycles. The standard InChI is InChI=1S/C18H13ClN2O3/c19-15-3-1-2-4-16(15)20-17(22)13-7-5-12-10-14(18(23)21-24)8-6-11(12)9-13/h1-10,24H,(H,20,22)(H,21,23). The molecule has 6 heteroatoms. The molecule has 0 saturated heterocycles. The van der Waals surface area contributed by atoms with Crippen LogP contribution in [0.2, 0.25) is 5.02 Å². The van der Waals surface area contributed by atoms with Gasteiger partial charge in [0.05, 0.1) is 10.7 Å². The van der Waals surface area contributed by atoms with Gasteiger partial charge in [-0.25, -0.2) is 5.48 Å². The number of carbonyl (C=O) groups excluding carboxylic acids is 2. The van der Waals surface area contributed by atoms with Crippen LogP contribution in [0.15, 0.2) is 60.7 Å². The van der Waals surface area contributed by atoms with E-state index >= 15 is 0 Å². The minimum absolute atomic E-state index is 0.276. The number of nitrogens with one attached hydrogen (secondary N) is 2. The van der Waals surface area contributed by atoms with E-state index < -0.39 is 5.91 Å². The summed E-state index contributed by atoms with van der Waals surface area (Å²) < 4.78 is 0. The Labute approximate surface area is 142 Å². The van der Waals surface area contributed by atoms with E-state index in [0.717, 1.165) is 10.8 Å². The Morgan fingerprint density at radius 3 is 2.00 bits per heavy atom. The second kappa shape index (κ2) is 6.70. The number of amides is 2. The molecular weight excluding hydrogens is 328 g/mol. The van der Waals surface area contributed by atoms with E-state index in [4.69, 9.17) is 16.8 Å². The minimum Gasteiger partial charge on any atom is -0.321 e. The molecule has 5 nitrogen and oxygen atoms in total. The van der Waals surface area contributed by atoms with Gasteiger partial charge in [0.2, 0.25) is 0 Å². The van der Waals surface area contributed by atoms with Crippen LogP contribution in [0.4, 0.5) is 5.69 Å². The van der Waals surface area contributed by atoms with Crippen LogP contribution in [0.3, 0.4) is 0 Å². The Morgan fingerprint density at radius 1 is 0.833 bits per heavy atom. The molecule has 24 heavy (non-hydrogen) atoms. The fourth-order valence-corrected chi connectivity index (χ4v) is 2.53. The molecule has 0 aliphatic rings. The maximum atomic E-state index is 12.4. The normalized spacial score (nSPS) is 10.4. The van der Waals surface area contributed by atoms with Crippen molar-refractivity contribution in [3.8, 4) is 0 Å². The zero-order chi connectivity index (χ0) is 17.1. The van der Waals surface area contributed by atoms with Crippen molar-refractivity contribution in [1.29, 1.82) is 0 Å². The highest BCUT2D eigenvalue weighted by atomic mass is 35.5. The average molecular weight is 341 g/mol. The van der Waals surface area contributed by atoms with E-state index in [1.807, 2.05) is 0 Å². The second-order valence-corrected chi connectivity index (χ2v) is 5.56. The second-order valence-electron chi connectivity index (χ2n) is 5.15. The molecule has 0 aliphatic carbocycles. The fourth-order valence-electron chi connectivity index (χ4n) is 2.35. The minimum atomic E-state index is -0.586. The molecule has 0 atom stereocenters. The number of anilines is 1. The summed E-state index contributed by atoms with van der Waals surface area (Å²) in [5.74, 6) is -0.861. The Hall–Kier alpha value is -2.89. The van der Waals surface area contributed by atoms with Gasteiger partial charge in [-0.05, 0) is 47.2 Å². The van der Waals surface area contributed by atoms with Gasteiger partial charge in [0.25, 0.3) is 11.8 Å². The first-order valence-corrected chi connectivity index (χ1v) is 7.50. The third kappa shape index (κ3) is 3.22. The van der Waals surface area contributed by atoms with Crippen molar-refractivity contribution in [2.75, 3.05) is 5.32 Å². The van der Waals surface area contributed by atoms with Crippen molar-refractivity contribution in [1.82, 2.24) is 5.48 Å². The quantitative estimate of drug-likeness (QED) is 0.500. The summed E-state index contributed by atoms with van der Waals surface area (Å²) in [5.41, 5.74) is 2.94. The molecule has 2 amide bonds. The van der Waals surface area contributed by atoms with Crippen LogP contribution in [0.1, 0.15) is 20.7 Å². The molecule has 3 aromatic carbocycles. The van der Waals surface area contributed by atoms with Crippen LogP contribution in [-0.2, 0) is 0 Å². The van der Waals surface area contributed by atoms with Crippen molar-refractivity contribution in [3.63, 3.8) is 0 Å². The van der Waals surface area contributed by atoms with Gasteiger partial charge in [0.1, 0.15) is 0 Å². The number of para-hydroxylation sites is 1. The van der Waals surface area contributed by atoms with Gasteiger partial charge < -0.3 is 5.32 Å². The smallest absolute Gasteiger partial charge is 0.274 e. The van der Waals surface area contributed by atoms with Crippen LogP contribution in [0.5, 0.6) is 0 Å². The summed E-state index contributed by atoms with van der Waals surface area (Å²) in [5, 5.41) is 13.5. The molecule has 0 fully saturated rings. The Morgan fingerprint density at radius 2 is 1.42 bits per heavy atom. The first kappa shape index (κ1) is 16.0. The lowest BCUT2D eigenvalue weighted by Gasteiger charge is -2.08. The molecule has 0 heterocycles. The third-order valence-corrected chi connectivity index (χ3v) is 3.92. The fraction of sp³-hybridized carbons (Fsp3) is 0. The molecule has 0 spiro atoms. The van der Waals surface area contributed by atoms with Crippen molar-refractivity contribution in [2.24, 2.45) is 0 Å². The van der Waals surface area contributed by atoms with E-state index in [1.165, 1.54) is 0 Å². The molecule has 0 aliphatic heterocycles. The van der Waals surface area contributed by atoms with E-state index in [1.54, 1.807) is 66.1 Å². The molecule has 0 radical (unpaired) electrons. The van der Waals surface area contributed by atoms with Crippen LogP contribution in [0, 0.1) is 0 Å². The lowest BCUT2D eigenvalue weighted by Crippen LogP contribution is -2.18. The van der Waals surface area contributed by atoms with Crippen molar-refractivity contribution < 1.29 is 14.8 Å². The Balaban J connectivity index is 1.89. The number of rotatable bonds is 3. The molecule has 0 aromatic heterocycles. The highest BCUT2D eigenvalue weighted by Crippen LogP contribution is 2.23. The van der Waals surface area contributed by atoms with E-state index in [9.17, 15) is 9.59 Å². The molecule has 3 rings (SSSR count). The highest BCUT2D eigenvalue weighted by molar-refractivity contribution is 6.33. The number of carbonyl (C=O) groups is 2. The lowest BCUT2D eigenvalue weighted by molar-refractivity contribution is 0.0706. The summed E-state index contributed by atoms with van der Waals surface area (Å²) in [7, 11) is 0. The average Bonchev–Trinajstić information content (AvgIpc) is 2.62. The maximum Gasteiger partial charge on any atom is 0.274 e. The Kier molecular flexibility index (Phi) is 4.46. The zero-order valence-electron chi connectivity index (χ0n) is 12.4. The van der Waals surface area contributed by atoms with Gasteiger partial charge in [0.15, 0.2) is 0 Å². The van der Waals surface area contributed by atoms with Gasteiger partial charge >= 0.3 is 0 Å². The molecular formula is C18H13ClN2O3. The number of benzene rings is 3. The van der Waals surface area contributed by atoms with Crippen LogP contribution < -0.4 is 10.8 Å². The summed E-state index contributed by atoms with van der Waals surface area (Å²) in [6.45, 7) is 0. The molecule has 3 aromatic rings. The molecule has 3 N–H and O–H groups in total. The summed E-state index contributed by atoms with van der Waals surface area (Å²) in [6.07, 6.45) is 0. The highest BCUT2D eigenvalue weighted by Gasteiger charge is 2.10. The summed E-state index contributed by atoms with van der Waals surface area (Å²) >= 11 is 6.04. The van der Waals surface area contributed by atoms with Gasteiger partial charge in [-0.1, -0.05) is 35.9 Å². The zero-order valence-corrected chi connectivity index (χ0v) is 13.2. The maximum absolute atomic E-state index is 12.4. The first-order chi connectivity index (χ1) is 11.6. The van der Waals surface area contributed by atoms with Gasteiger partial charge in [-0.2, -0.15) is 0 Å². The number of hydroxylamine groups is 1. The Bertz CT molecular complexity index is 940. The summed E-state index contributed by atoms with van der Waals surface area (Å²) in [6, 6.07) is 17.0. The van der Waals surface area contributed by atoms with Crippen molar-refractivity contribution >= 4 is 39.9 Å². The van der Waals surface area contributed by atoms with E-state index in [0.29, 0.717) is 21.8 Å². The van der Waals surface area contributed by atoms with E-state index in [2.05, 4.69) is 5.32 Å². The van der Waals surface area contributed by atoms with Gasteiger partial charge in [0, 0.05) is 11.1 Å². The van der Waals surface area contributed by atoms with Gasteiger partial charge in [-0.3, -0.25) is 14.8 Å². The predicted octanol–water partition coefficient (Wildman–Crippen LogP) is 3.86. The summed E-state index contributed by atoms with van der Waals surface area (Å²) in [4.78, 5) is 23.8. The van der Waals surface area contributed by atoms with Crippen LogP contribution >= 0.6 is 11.6 Å². The van der Waals surface area contributed by atoms with Crippen LogP contribution in [0.25, 0.3) is 10.8 Å². The van der Waals surface area contributed by atoms with Crippen molar-refractivity contribution in [2.45, 2.75) is 0 Å². The lowest BCUT2D eigenvalue weighted by atomic mass is 10.0. The molecule has 0 bridgehead atoms.